The number of hydrogen-bond donors (Lipinski definition) is 2. The molecule has 0 radical (unpaired) electrons. The number of benzene rings is 1. The average Bonchev–Trinajstić information content (AvgIpc) is 3.16. The number of anilines is 2. The van der Waals surface area contributed by atoms with Crippen LogP contribution in [0.2, 0.25) is 5.02 Å². The molecule has 1 amide bonds. The van der Waals surface area contributed by atoms with Gasteiger partial charge in [-0.05, 0) is 32.0 Å². The van der Waals surface area contributed by atoms with Gasteiger partial charge in [-0.1, -0.05) is 44.1 Å². The molecule has 2 atom stereocenters. The van der Waals surface area contributed by atoms with Crippen molar-refractivity contribution < 1.29 is 9.53 Å². The quantitative estimate of drug-likeness (QED) is 0.635. The number of thiazole rings is 1. The number of hydrogen-bond acceptors (Lipinski definition) is 7. The summed E-state index contributed by atoms with van der Waals surface area (Å²) in [6, 6.07) is 5.43. The predicted octanol–water partition coefficient (Wildman–Crippen LogP) is 5.55. The molecule has 1 aromatic carbocycles. The molecule has 3 rings (SSSR count). The van der Waals surface area contributed by atoms with Crippen LogP contribution in [0, 0.1) is 12.3 Å². The van der Waals surface area contributed by atoms with Crippen LogP contribution < -0.4 is 15.4 Å². The number of nitrogens with one attached hydrogen (secondary N) is 2. The van der Waals surface area contributed by atoms with Gasteiger partial charge in [-0.2, -0.15) is 0 Å². The molecule has 2 N–H and O–H groups in total. The molecule has 2 heterocycles. The number of aliphatic imine (C=N–C) groups is 1. The molecular weight excluding hydrogens is 428 g/mol. The average molecular weight is 453 g/mol. The van der Waals surface area contributed by atoms with Gasteiger partial charge in [0.1, 0.15) is 5.75 Å². The monoisotopic (exact) mass is 452 g/mol. The molecule has 1 aliphatic heterocycles. The van der Waals surface area contributed by atoms with Crippen molar-refractivity contribution in [1.82, 2.24) is 10.3 Å². The van der Waals surface area contributed by atoms with E-state index in [0.29, 0.717) is 15.9 Å². The van der Waals surface area contributed by atoms with Crippen molar-refractivity contribution in [3.8, 4) is 5.75 Å². The predicted molar refractivity (Wildman–Crippen MR) is 123 cm³/mol. The van der Waals surface area contributed by atoms with Gasteiger partial charge in [0, 0.05) is 15.3 Å². The Bertz CT molecular complexity index is 952. The van der Waals surface area contributed by atoms with Crippen molar-refractivity contribution >= 4 is 56.6 Å². The highest BCUT2D eigenvalue weighted by atomic mass is 35.5. The van der Waals surface area contributed by atoms with E-state index >= 15 is 0 Å². The maximum Gasteiger partial charge on any atom is 0.231 e. The minimum atomic E-state index is -0.464. The highest BCUT2D eigenvalue weighted by molar-refractivity contribution is 8.14. The third-order valence-corrected chi connectivity index (χ3v) is 6.84. The normalized spacial score (nSPS) is 19.1. The third-order valence-electron chi connectivity index (χ3n) is 4.40. The zero-order valence-corrected chi connectivity index (χ0v) is 19.7. The van der Waals surface area contributed by atoms with Crippen LogP contribution in [0.5, 0.6) is 5.75 Å². The number of carbonyl (C=O) groups excluding carboxylic acids is 1. The smallest absolute Gasteiger partial charge is 0.231 e. The highest BCUT2D eigenvalue weighted by Gasteiger charge is 2.34. The fourth-order valence-electron chi connectivity index (χ4n) is 2.75. The van der Waals surface area contributed by atoms with Crippen LogP contribution in [-0.4, -0.2) is 29.2 Å². The second-order valence-electron chi connectivity index (χ2n) is 7.85. The SMILES string of the molecule is COc1ccc(Cl)cc1Nc1nc(C2SC(NC(=O)C(C)(C)C)=NC2C)c(C)s1. The van der Waals surface area contributed by atoms with E-state index in [1.165, 1.54) is 0 Å². The van der Waals surface area contributed by atoms with Crippen molar-refractivity contribution in [2.45, 2.75) is 45.9 Å². The molecule has 29 heavy (non-hydrogen) atoms. The van der Waals surface area contributed by atoms with Crippen molar-refractivity contribution in [2.24, 2.45) is 10.4 Å². The molecule has 0 aliphatic carbocycles. The molecule has 0 spiro atoms. The Kier molecular flexibility index (Phi) is 6.45. The Morgan fingerprint density at radius 3 is 2.69 bits per heavy atom. The van der Waals surface area contributed by atoms with Crippen molar-refractivity contribution in [1.29, 1.82) is 0 Å². The van der Waals surface area contributed by atoms with Crippen LogP contribution in [0.1, 0.15) is 43.5 Å². The molecule has 0 fully saturated rings. The molecular formula is C20H25ClN4O2S2. The molecule has 6 nitrogen and oxygen atoms in total. The fourth-order valence-corrected chi connectivity index (χ4v) is 5.09. The van der Waals surface area contributed by atoms with Gasteiger partial charge in [0.2, 0.25) is 5.91 Å². The van der Waals surface area contributed by atoms with E-state index in [9.17, 15) is 4.79 Å². The number of nitrogens with zero attached hydrogens (tertiary/aromatic N) is 2. The van der Waals surface area contributed by atoms with Gasteiger partial charge in [0.15, 0.2) is 10.3 Å². The van der Waals surface area contributed by atoms with Crippen molar-refractivity contribution in [2.75, 3.05) is 12.4 Å². The maximum atomic E-state index is 12.3. The molecule has 0 saturated heterocycles. The number of amidine groups is 1. The van der Waals surface area contributed by atoms with E-state index in [1.54, 1.807) is 36.3 Å². The third kappa shape index (κ3) is 5.05. The topological polar surface area (TPSA) is 75.6 Å². The summed E-state index contributed by atoms with van der Waals surface area (Å²) < 4.78 is 5.40. The van der Waals surface area contributed by atoms with Crippen LogP contribution in [0.3, 0.4) is 0 Å². The molecule has 0 bridgehead atoms. The molecule has 0 saturated carbocycles. The van der Waals surface area contributed by atoms with Gasteiger partial charge in [0.05, 0.1) is 29.8 Å². The molecule has 2 unspecified atom stereocenters. The second kappa shape index (κ2) is 8.53. The molecule has 1 aromatic heterocycles. The molecule has 156 valence electrons. The zero-order chi connectivity index (χ0) is 21.3. The number of carbonyl (C=O) groups is 1. The van der Waals surface area contributed by atoms with E-state index in [-0.39, 0.29) is 17.2 Å². The van der Waals surface area contributed by atoms with Crippen LogP contribution in [0.25, 0.3) is 0 Å². The van der Waals surface area contributed by atoms with E-state index in [0.717, 1.165) is 21.4 Å². The van der Waals surface area contributed by atoms with E-state index in [1.807, 2.05) is 46.8 Å². The summed E-state index contributed by atoms with van der Waals surface area (Å²) in [5.74, 6) is 0.657. The summed E-state index contributed by atoms with van der Waals surface area (Å²) in [7, 11) is 1.62. The van der Waals surface area contributed by atoms with Crippen LogP contribution in [-0.2, 0) is 4.79 Å². The second-order valence-corrected chi connectivity index (χ2v) is 10.6. The lowest BCUT2D eigenvalue weighted by atomic mass is 9.96. The molecule has 2 aromatic rings. The van der Waals surface area contributed by atoms with Gasteiger partial charge < -0.3 is 15.4 Å². The number of thioether (sulfide) groups is 1. The highest BCUT2D eigenvalue weighted by Crippen LogP contribution is 2.43. The minimum Gasteiger partial charge on any atom is -0.495 e. The lowest BCUT2D eigenvalue weighted by Crippen LogP contribution is -2.37. The van der Waals surface area contributed by atoms with Crippen LogP contribution in [0.15, 0.2) is 23.2 Å². The lowest BCUT2D eigenvalue weighted by Gasteiger charge is -2.17. The molecule has 9 heteroatoms. The first-order chi connectivity index (χ1) is 13.6. The van der Waals surface area contributed by atoms with E-state index in [4.69, 9.17) is 21.3 Å². The summed E-state index contributed by atoms with van der Waals surface area (Å²) in [6.07, 6.45) is 0. The maximum absolute atomic E-state index is 12.3. The summed E-state index contributed by atoms with van der Waals surface area (Å²) in [5, 5.41) is 8.34. The first-order valence-electron chi connectivity index (χ1n) is 9.22. The first kappa shape index (κ1) is 21.9. The number of amides is 1. The number of rotatable bonds is 4. The number of aryl methyl sites for hydroxylation is 1. The Morgan fingerprint density at radius 1 is 1.31 bits per heavy atom. The number of methoxy groups -OCH3 is 1. The fraction of sp³-hybridized carbons (Fsp3) is 0.450. The van der Waals surface area contributed by atoms with Crippen molar-refractivity contribution in [3.05, 3.63) is 33.8 Å². The van der Waals surface area contributed by atoms with Gasteiger partial charge >= 0.3 is 0 Å². The number of halogens is 1. The largest absolute Gasteiger partial charge is 0.495 e. The summed E-state index contributed by atoms with van der Waals surface area (Å²) in [4.78, 5) is 22.8. The van der Waals surface area contributed by atoms with E-state index in [2.05, 4.69) is 15.6 Å². The minimum absolute atomic E-state index is 0.0182. The summed E-state index contributed by atoms with van der Waals surface area (Å²) in [6.45, 7) is 9.74. The first-order valence-corrected chi connectivity index (χ1v) is 11.3. The summed E-state index contributed by atoms with van der Waals surface area (Å²) in [5.41, 5.74) is 1.27. The van der Waals surface area contributed by atoms with Crippen molar-refractivity contribution in [3.63, 3.8) is 0 Å². The van der Waals surface area contributed by atoms with Gasteiger partial charge in [0.25, 0.3) is 0 Å². The lowest BCUT2D eigenvalue weighted by molar-refractivity contribution is -0.126. The van der Waals surface area contributed by atoms with E-state index < -0.39 is 5.41 Å². The Labute approximate surface area is 184 Å². The standard InChI is InChI=1S/C20H25ClN4O2S2/c1-10-16(29-18(22-10)25-17(26)20(3,4)5)15-11(2)28-19(24-15)23-13-9-12(21)7-8-14(13)27-6/h7-10,16H,1-6H3,(H,23,24)(H,22,25,26). The molecule has 1 aliphatic rings. The van der Waals surface area contributed by atoms with Gasteiger partial charge in [-0.25, -0.2) is 4.98 Å². The van der Waals surface area contributed by atoms with Gasteiger partial charge in [-0.15, -0.1) is 11.3 Å². The summed E-state index contributed by atoms with van der Waals surface area (Å²) >= 11 is 9.24. The Balaban J connectivity index is 1.76. The Morgan fingerprint density at radius 2 is 2.03 bits per heavy atom. The number of ether oxygens (including phenoxy) is 1. The van der Waals surface area contributed by atoms with Crippen LogP contribution in [0.4, 0.5) is 10.8 Å². The Hall–Kier alpha value is -1.77. The zero-order valence-electron chi connectivity index (χ0n) is 17.3. The van der Waals surface area contributed by atoms with Crippen LogP contribution >= 0.6 is 34.7 Å². The van der Waals surface area contributed by atoms with Gasteiger partial charge in [-0.3, -0.25) is 9.79 Å². The number of aromatic nitrogens is 1.